The number of nitrogens with zero attached hydrogens (tertiary/aromatic N) is 3. The van der Waals surface area contributed by atoms with Gasteiger partial charge in [0, 0.05) is 18.8 Å². The predicted molar refractivity (Wildman–Crippen MR) is 87.6 cm³/mol. The summed E-state index contributed by atoms with van der Waals surface area (Å²) in [4.78, 5) is 2.35. The minimum atomic E-state index is -0.127. The van der Waals surface area contributed by atoms with Gasteiger partial charge in [0.25, 0.3) is 0 Å². The van der Waals surface area contributed by atoms with Crippen molar-refractivity contribution < 1.29 is 10.2 Å². The predicted octanol–water partition coefficient (Wildman–Crippen LogP) is 2.25. The Kier molecular flexibility index (Phi) is 4.14. The Balaban J connectivity index is 1.57. The third-order valence-electron chi connectivity index (χ3n) is 3.75. The van der Waals surface area contributed by atoms with Gasteiger partial charge in [0.1, 0.15) is 0 Å². The fourth-order valence-corrected chi connectivity index (χ4v) is 2.48. The first-order valence-electron chi connectivity index (χ1n) is 7.33. The van der Waals surface area contributed by atoms with Crippen LogP contribution in [0, 0.1) is 0 Å². The van der Waals surface area contributed by atoms with Crippen LogP contribution in [0.5, 0.6) is 11.5 Å². The van der Waals surface area contributed by atoms with Crippen molar-refractivity contribution in [3.05, 3.63) is 54.1 Å². The summed E-state index contributed by atoms with van der Waals surface area (Å²) in [5.41, 5.74) is 2.01. The molecule has 0 saturated carbocycles. The number of benzene rings is 2. The van der Waals surface area contributed by atoms with Gasteiger partial charge in [-0.1, -0.05) is 18.2 Å². The van der Waals surface area contributed by atoms with Gasteiger partial charge in [0.05, 0.1) is 19.3 Å². The molecule has 5 heteroatoms. The largest absolute Gasteiger partial charge is 0.504 e. The van der Waals surface area contributed by atoms with Crippen LogP contribution < -0.4 is 4.90 Å². The van der Waals surface area contributed by atoms with Crippen molar-refractivity contribution in [2.45, 2.75) is 0 Å². The minimum absolute atomic E-state index is 0.117. The van der Waals surface area contributed by atoms with Crippen molar-refractivity contribution in [2.24, 2.45) is 5.10 Å². The van der Waals surface area contributed by atoms with Crippen molar-refractivity contribution >= 4 is 11.9 Å². The van der Waals surface area contributed by atoms with Crippen LogP contribution in [0.2, 0.25) is 0 Å². The van der Waals surface area contributed by atoms with Gasteiger partial charge in [0.15, 0.2) is 11.5 Å². The van der Waals surface area contributed by atoms with Gasteiger partial charge in [-0.15, -0.1) is 0 Å². The number of hydrogen-bond donors (Lipinski definition) is 2. The number of phenols is 2. The molecule has 114 valence electrons. The number of para-hydroxylation sites is 1. The highest BCUT2D eigenvalue weighted by molar-refractivity contribution is 5.80. The molecule has 0 atom stereocenters. The quantitative estimate of drug-likeness (QED) is 0.674. The van der Waals surface area contributed by atoms with Gasteiger partial charge < -0.3 is 15.1 Å². The molecule has 0 radical (unpaired) electrons. The van der Waals surface area contributed by atoms with Crippen molar-refractivity contribution in [3.63, 3.8) is 0 Å². The van der Waals surface area contributed by atoms with E-state index in [9.17, 15) is 10.2 Å². The third-order valence-corrected chi connectivity index (χ3v) is 3.75. The SMILES string of the molecule is Oc1ccc(/C=N\N2CCN(c3ccccc3)CC2)cc1O. The fourth-order valence-electron chi connectivity index (χ4n) is 2.48. The van der Waals surface area contributed by atoms with Crippen LogP contribution >= 0.6 is 0 Å². The fraction of sp³-hybridized carbons (Fsp3) is 0.235. The van der Waals surface area contributed by atoms with Gasteiger partial charge in [-0.25, -0.2) is 0 Å². The maximum Gasteiger partial charge on any atom is 0.158 e. The second kappa shape index (κ2) is 6.39. The zero-order valence-electron chi connectivity index (χ0n) is 12.3. The monoisotopic (exact) mass is 297 g/mol. The van der Waals surface area contributed by atoms with Crippen molar-refractivity contribution in [3.8, 4) is 11.5 Å². The molecule has 1 saturated heterocycles. The molecule has 2 N–H and O–H groups in total. The summed E-state index contributed by atoms with van der Waals surface area (Å²) in [5, 5.41) is 25.2. The zero-order valence-corrected chi connectivity index (χ0v) is 12.3. The highest BCUT2D eigenvalue weighted by Crippen LogP contribution is 2.24. The Morgan fingerprint density at radius 1 is 0.864 bits per heavy atom. The molecule has 0 unspecified atom stereocenters. The van der Waals surface area contributed by atoms with Crippen LogP contribution in [-0.2, 0) is 0 Å². The average Bonchev–Trinajstić information content (AvgIpc) is 2.57. The molecule has 22 heavy (non-hydrogen) atoms. The van der Waals surface area contributed by atoms with Gasteiger partial charge in [0.2, 0.25) is 0 Å². The summed E-state index contributed by atoms with van der Waals surface area (Å²) in [6.07, 6.45) is 1.71. The van der Waals surface area contributed by atoms with E-state index < -0.39 is 0 Å². The van der Waals surface area contributed by atoms with E-state index in [4.69, 9.17) is 0 Å². The van der Waals surface area contributed by atoms with E-state index >= 15 is 0 Å². The molecule has 1 fully saturated rings. The van der Waals surface area contributed by atoms with E-state index in [1.807, 2.05) is 11.1 Å². The maximum absolute atomic E-state index is 9.47. The van der Waals surface area contributed by atoms with Crippen molar-refractivity contribution in [1.82, 2.24) is 5.01 Å². The Labute approximate surface area is 129 Å². The lowest BCUT2D eigenvalue weighted by Gasteiger charge is -2.34. The summed E-state index contributed by atoms with van der Waals surface area (Å²) >= 11 is 0. The lowest BCUT2D eigenvalue weighted by Crippen LogP contribution is -2.44. The Morgan fingerprint density at radius 2 is 1.59 bits per heavy atom. The molecule has 2 aromatic rings. The van der Waals surface area contributed by atoms with Crippen LogP contribution in [0.3, 0.4) is 0 Å². The van der Waals surface area contributed by atoms with Gasteiger partial charge in [-0.2, -0.15) is 5.10 Å². The molecule has 1 aliphatic rings. The molecule has 0 aliphatic carbocycles. The Morgan fingerprint density at radius 3 is 2.27 bits per heavy atom. The smallest absolute Gasteiger partial charge is 0.158 e. The molecule has 0 bridgehead atoms. The Bertz CT molecular complexity index is 650. The Hall–Kier alpha value is -2.69. The first kappa shape index (κ1) is 14.3. The molecule has 0 aromatic heterocycles. The highest BCUT2D eigenvalue weighted by Gasteiger charge is 2.15. The number of hydrogen-bond acceptors (Lipinski definition) is 5. The number of hydrazone groups is 1. The number of phenolic OH excluding ortho intramolecular Hbond substituents is 2. The van der Waals surface area contributed by atoms with Gasteiger partial charge in [-0.3, -0.25) is 5.01 Å². The summed E-state index contributed by atoms with van der Waals surface area (Å²) in [5.74, 6) is -0.244. The second-order valence-corrected chi connectivity index (χ2v) is 5.27. The van der Waals surface area contributed by atoms with E-state index in [-0.39, 0.29) is 11.5 Å². The molecule has 5 nitrogen and oxygen atoms in total. The summed E-state index contributed by atoms with van der Waals surface area (Å²) in [7, 11) is 0. The van der Waals surface area contributed by atoms with E-state index in [2.05, 4.69) is 34.3 Å². The summed E-state index contributed by atoms with van der Waals surface area (Å²) < 4.78 is 0. The topological polar surface area (TPSA) is 59.3 Å². The zero-order chi connectivity index (χ0) is 15.4. The van der Waals surface area contributed by atoms with Crippen LogP contribution in [0.15, 0.2) is 53.6 Å². The van der Waals surface area contributed by atoms with Crippen LogP contribution in [0.1, 0.15) is 5.56 Å². The lowest BCUT2D eigenvalue weighted by atomic mass is 10.2. The molecule has 0 amide bonds. The van der Waals surface area contributed by atoms with E-state index in [0.717, 1.165) is 31.7 Å². The molecule has 1 heterocycles. The minimum Gasteiger partial charge on any atom is -0.504 e. The standard InChI is InChI=1S/C17H19N3O2/c21-16-7-6-14(12-17(16)22)13-18-20-10-8-19(9-11-20)15-4-2-1-3-5-15/h1-7,12-13,21-22H,8-11H2/b18-13-. The van der Waals surface area contributed by atoms with Crippen LogP contribution in [-0.4, -0.2) is 47.6 Å². The third kappa shape index (κ3) is 3.31. The molecular formula is C17H19N3O2. The molecular weight excluding hydrogens is 278 g/mol. The van der Waals surface area contributed by atoms with E-state index in [1.165, 1.54) is 17.8 Å². The number of rotatable bonds is 3. The maximum atomic E-state index is 9.47. The molecule has 1 aliphatic heterocycles. The van der Waals surface area contributed by atoms with E-state index in [0.29, 0.717) is 0 Å². The molecule has 0 spiro atoms. The molecule has 3 rings (SSSR count). The number of piperazine rings is 1. The second-order valence-electron chi connectivity index (χ2n) is 5.27. The van der Waals surface area contributed by atoms with Crippen molar-refractivity contribution in [2.75, 3.05) is 31.1 Å². The average molecular weight is 297 g/mol. The van der Waals surface area contributed by atoms with Crippen LogP contribution in [0.4, 0.5) is 5.69 Å². The summed E-state index contributed by atoms with van der Waals surface area (Å²) in [6, 6.07) is 15.1. The van der Waals surface area contributed by atoms with Gasteiger partial charge in [-0.05, 0) is 35.9 Å². The highest BCUT2D eigenvalue weighted by atomic mass is 16.3. The van der Waals surface area contributed by atoms with Gasteiger partial charge >= 0.3 is 0 Å². The summed E-state index contributed by atoms with van der Waals surface area (Å²) in [6.45, 7) is 3.58. The first-order valence-corrected chi connectivity index (χ1v) is 7.33. The molecule has 2 aromatic carbocycles. The first-order chi connectivity index (χ1) is 10.7. The lowest BCUT2D eigenvalue weighted by molar-refractivity contribution is 0.272. The number of aromatic hydroxyl groups is 2. The van der Waals surface area contributed by atoms with Crippen LogP contribution in [0.25, 0.3) is 0 Å². The number of anilines is 1. The normalized spacial score (nSPS) is 15.5. The van der Waals surface area contributed by atoms with E-state index in [1.54, 1.807) is 12.3 Å². The van der Waals surface area contributed by atoms with Crippen molar-refractivity contribution in [1.29, 1.82) is 0 Å².